The van der Waals surface area contributed by atoms with E-state index in [4.69, 9.17) is 4.74 Å². The highest BCUT2D eigenvalue weighted by atomic mass is 16.6. The van der Waals surface area contributed by atoms with Gasteiger partial charge in [0.15, 0.2) is 11.5 Å². The Labute approximate surface area is 150 Å². The fourth-order valence-electron chi connectivity index (χ4n) is 6.25. The van der Waals surface area contributed by atoms with Gasteiger partial charge in [-0.15, -0.1) is 0 Å². The summed E-state index contributed by atoms with van der Waals surface area (Å²) < 4.78 is 5.34. The second-order valence-electron chi connectivity index (χ2n) is 8.46. The van der Waals surface area contributed by atoms with Crippen molar-refractivity contribution in [2.45, 2.75) is 46.0 Å². The number of rotatable bonds is 0. The number of ether oxygens (including phenoxy) is 1. The topological polar surface area (TPSA) is 121 Å². The lowest BCUT2D eigenvalue weighted by atomic mass is 9.42. The Balaban J connectivity index is 2.07. The molecule has 1 saturated carbocycles. The SMILES string of the molecule is CC1=CC(=O)[C@@H](O)[C@@]2(C)C1=C(O)C(=O)[C@]1(C)[C@@H]2[C@@H](O)[C@@H]2OC(=O)[C@H]1[C@H]2C. The maximum Gasteiger partial charge on any atom is 0.310 e. The van der Waals surface area contributed by atoms with Gasteiger partial charge in [-0.1, -0.05) is 20.8 Å². The van der Waals surface area contributed by atoms with Crippen molar-refractivity contribution < 1.29 is 34.4 Å². The van der Waals surface area contributed by atoms with Gasteiger partial charge in [-0.25, -0.2) is 0 Å². The standard InChI is InChI=1S/C19H22O7/c1-6-5-8(20)15(23)18(3)9(6)11(21)16(24)19(4)10-7(2)13(26-17(10)25)12(22)14(18)19/h5,7,10,12-15,21-23H,1-4H3/t7-,10-,12+,13-,14-,15-,18+,19+/m1/s1. The number of ketones is 2. The molecule has 0 spiro atoms. The summed E-state index contributed by atoms with van der Waals surface area (Å²) in [5, 5.41) is 32.6. The number of Topliss-reactive ketones (excluding diaryl/α,β-unsaturated/α-hetero) is 1. The van der Waals surface area contributed by atoms with E-state index in [9.17, 15) is 29.7 Å². The highest BCUT2D eigenvalue weighted by Crippen LogP contribution is 2.66. The van der Waals surface area contributed by atoms with Crippen LogP contribution in [-0.4, -0.2) is 51.2 Å². The van der Waals surface area contributed by atoms with Gasteiger partial charge in [-0.05, 0) is 18.6 Å². The van der Waals surface area contributed by atoms with Crippen LogP contribution in [0.3, 0.4) is 0 Å². The molecule has 4 aliphatic rings. The number of esters is 1. The molecule has 3 aliphatic carbocycles. The molecule has 1 saturated heterocycles. The summed E-state index contributed by atoms with van der Waals surface area (Å²) in [4.78, 5) is 38.0. The molecular weight excluding hydrogens is 340 g/mol. The molecule has 4 rings (SSSR count). The monoisotopic (exact) mass is 362 g/mol. The van der Waals surface area contributed by atoms with Crippen molar-refractivity contribution >= 4 is 17.5 Å². The summed E-state index contributed by atoms with van der Waals surface area (Å²) >= 11 is 0. The van der Waals surface area contributed by atoms with Crippen LogP contribution in [0.1, 0.15) is 27.7 Å². The fraction of sp³-hybridized carbons (Fsp3) is 0.632. The third-order valence-corrected chi connectivity index (χ3v) is 7.24. The highest BCUT2D eigenvalue weighted by Gasteiger charge is 2.74. The molecule has 26 heavy (non-hydrogen) atoms. The average molecular weight is 362 g/mol. The summed E-state index contributed by atoms with van der Waals surface area (Å²) in [5.74, 6) is -4.58. The van der Waals surface area contributed by atoms with Gasteiger partial charge >= 0.3 is 5.97 Å². The molecule has 0 aromatic heterocycles. The van der Waals surface area contributed by atoms with Crippen LogP contribution < -0.4 is 0 Å². The second kappa shape index (κ2) is 4.84. The van der Waals surface area contributed by atoms with E-state index in [2.05, 4.69) is 0 Å². The predicted molar refractivity (Wildman–Crippen MR) is 87.7 cm³/mol. The number of fused-ring (bicyclic) bond motifs is 6. The third-order valence-electron chi connectivity index (χ3n) is 7.24. The van der Waals surface area contributed by atoms with Gasteiger partial charge < -0.3 is 20.1 Å². The lowest BCUT2D eigenvalue weighted by Crippen LogP contribution is -2.68. The van der Waals surface area contributed by atoms with Crippen LogP contribution in [0.25, 0.3) is 0 Å². The number of aliphatic hydroxyl groups excluding tert-OH is 3. The molecule has 7 nitrogen and oxygen atoms in total. The Kier molecular flexibility index (Phi) is 3.24. The van der Waals surface area contributed by atoms with Gasteiger partial charge in [-0.2, -0.15) is 0 Å². The number of aliphatic hydroxyl groups is 3. The van der Waals surface area contributed by atoms with Gasteiger partial charge in [0.2, 0.25) is 5.78 Å². The van der Waals surface area contributed by atoms with Gasteiger partial charge in [0, 0.05) is 22.8 Å². The Morgan fingerprint density at radius 3 is 2.35 bits per heavy atom. The summed E-state index contributed by atoms with van der Waals surface area (Å²) in [6.45, 7) is 6.40. The molecule has 1 heterocycles. The van der Waals surface area contributed by atoms with Gasteiger partial charge in [0.1, 0.15) is 12.2 Å². The first-order valence-electron chi connectivity index (χ1n) is 8.76. The smallest absolute Gasteiger partial charge is 0.310 e. The first-order valence-corrected chi connectivity index (χ1v) is 8.76. The highest BCUT2D eigenvalue weighted by molar-refractivity contribution is 6.06. The molecule has 3 N–H and O–H groups in total. The predicted octanol–water partition coefficient (Wildman–Crippen LogP) is 0.452. The minimum atomic E-state index is -1.54. The zero-order chi connectivity index (χ0) is 19.3. The van der Waals surface area contributed by atoms with E-state index in [1.807, 2.05) is 0 Å². The number of allylic oxidation sites excluding steroid dienone is 2. The van der Waals surface area contributed by atoms with Crippen LogP contribution in [0.4, 0.5) is 0 Å². The van der Waals surface area contributed by atoms with E-state index >= 15 is 0 Å². The largest absolute Gasteiger partial charge is 0.504 e. The molecule has 140 valence electrons. The lowest BCUT2D eigenvalue weighted by molar-refractivity contribution is -0.182. The first kappa shape index (κ1) is 17.4. The van der Waals surface area contributed by atoms with Crippen LogP contribution in [0.5, 0.6) is 0 Å². The molecule has 0 aromatic carbocycles. The van der Waals surface area contributed by atoms with Crippen molar-refractivity contribution in [2.24, 2.45) is 28.6 Å². The Bertz CT molecular complexity index is 824. The van der Waals surface area contributed by atoms with E-state index in [0.717, 1.165) is 0 Å². The lowest BCUT2D eigenvalue weighted by Gasteiger charge is -2.59. The molecule has 2 bridgehead atoms. The second-order valence-corrected chi connectivity index (χ2v) is 8.46. The summed E-state index contributed by atoms with van der Waals surface area (Å²) in [7, 11) is 0. The Hall–Kier alpha value is -1.99. The van der Waals surface area contributed by atoms with Crippen LogP contribution in [0.15, 0.2) is 23.0 Å². The summed E-state index contributed by atoms with van der Waals surface area (Å²) in [6, 6.07) is 0. The summed E-state index contributed by atoms with van der Waals surface area (Å²) in [6.07, 6.45) is -2.41. The number of carbonyl (C=O) groups excluding carboxylic acids is 3. The minimum Gasteiger partial charge on any atom is -0.504 e. The Morgan fingerprint density at radius 1 is 1.12 bits per heavy atom. The summed E-state index contributed by atoms with van der Waals surface area (Å²) in [5.41, 5.74) is -2.35. The number of hydrogen-bond acceptors (Lipinski definition) is 7. The van der Waals surface area contributed by atoms with E-state index in [1.165, 1.54) is 13.0 Å². The van der Waals surface area contributed by atoms with E-state index in [1.54, 1.807) is 20.8 Å². The molecular formula is C19H22O7. The van der Waals surface area contributed by atoms with Gasteiger partial charge in [0.05, 0.1) is 17.4 Å². The van der Waals surface area contributed by atoms with Crippen molar-refractivity contribution in [3.8, 4) is 0 Å². The van der Waals surface area contributed by atoms with Crippen molar-refractivity contribution in [1.29, 1.82) is 0 Å². The molecule has 7 heteroatoms. The van der Waals surface area contributed by atoms with Crippen molar-refractivity contribution in [1.82, 2.24) is 0 Å². The van der Waals surface area contributed by atoms with Gasteiger partial charge in [0.25, 0.3) is 0 Å². The van der Waals surface area contributed by atoms with Crippen molar-refractivity contribution in [3.05, 3.63) is 23.0 Å². The molecule has 1 aliphatic heterocycles. The minimum absolute atomic E-state index is 0.164. The van der Waals surface area contributed by atoms with Crippen molar-refractivity contribution in [2.75, 3.05) is 0 Å². The van der Waals surface area contributed by atoms with Crippen molar-refractivity contribution in [3.63, 3.8) is 0 Å². The number of carbonyl (C=O) groups is 3. The molecule has 0 aromatic rings. The zero-order valence-electron chi connectivity index (χ0n) is 15.0. The van der Waals surface area contributed by atoms with Crippen LogP contribution in [0.2, 0.25) is 0 Å². The maximum atomic E-state index is 13.2. The first-order chi connectivity index (χ1) is 12.0. The zero-order valence-corrected chi connectivity index (χ0v) is 15.0. The van der Waals surface area contributed by atoms with Crippen LogP contribution in [-0.2, 0) is 19.1 Å². The Morgan fingerprint density at radius 2 is 1.73 bits per heavy atom. The molecule has 0 unspecified atom stereocenters. The average Bonchev–Trinajstić information content (AvgIpc) is 2.80. The maximum absolute atomic E-state index is 13.2. The molecule has 0 amide bonds. The molecule has 0 radical (unpaired) electrons. The quantitative estimate of drug-likeness (QED) is 0.535. The van der Waals surface area contributed by atoms with Crippen LogP contribution >= 0.6 is 0 Å². The fourth-order valence-corrected chi connectivity index (χ4v) is 6.25. The third kappa shape index (κ3) is 1.60. The van der Waals surface area contributed by atoms with E-state index in [0.29, 0.717) is 5.57 Å². The van der Waals surface area contributed by atoms with Gasteiger partial charge in [-0.3, -0.25) is 14.4 Å². The van der Waals surface area contributed by atoms with Crippen LogP contribution in [0, 0.1) is 28.6 Å². The number of hydrogen-bond donors (Lipinski definition) is 3. The molecule has 8 atom stereocenters. The molecule has 2 fully saturated rings. The van der Waals surface area contributed by atoms with E-state index in [-0.39, 0.29) is 5.57 Å². The normalized spacial score (nSPS) is 50.2. The van der Waals surface area contributed by atoms with E-state index < -0.39 is 70.2 Å².